The van der Waals surface area contributed by atoms with Crippen molar-refractivity contribution >= 4 is 0 Å². The SMILES string of the molecule is F.N.OCCO.OO. The zero-order chi connectivity index (χ0) is 5.41. The lowest BCUT2D eigenvalue weighted by Gasteiger charge is -1.70. The normalized spacial score (nSPS) is 4.50. The summed E-state index contributed by atoms with van der Waals surface area (Å²) >= 11 is 0. The van der Waals surface area contributed by atoms with E-state index in [4.69, 9.17) is 20.7 Å². The van der Waals surface area contributed by atoms with Gasteiger partial charge in [0.1, 0.15) is 0 Å². The fraction of sp³-hybridized carbons (Fsp3) is 1.00. The summed E-state index contributed by atoms with van der Waals surface area (Å²) in [5.41, 5.74) is 0. The van der Waals surface area contributed by atoms with Crippen molar-refractivity contribution in [1.29, 1.82) is 0 Å². The second-order valence-corrected chi connectivity index (χ2v) is 0.447. The summed E-state index contributed by atoms with van der Waals surface area (Å²) in [6.07, 6.45) is 0. The standard InChI is InChI=1S/C2H6O2.FH.H3N.H2O2/c3-1-2-4;;;1-2/h3-4H,1-2H2;1H;1H3;1-2H. The Morgan fingerprint density at radius 1 is 0.875 bits per heavy atom. The van der Waals surface area contributed by atoms with Crippen LogP contribution in [0.1, 0.15) is 0 Å². The first kappa shape index (κ1) is 25.2. The van der Waals surface area contributed by atoms with Gasteiger partial charge in [-0.25, -0.2) is 0 Å². The molecule has 0 aliphatic carbocycles. The summed E-state index contributed by atoms with van der Waals surface area (Å²) < 4.78 is 0. The van der Waals surface area contributed by atoms with Gasteiger partial charge in [0.15, 0.2) is 0 Å². The number of aliphatic hydroxyl groups excluding tert-OH is 2. The van der Waals surface area contributed by atoms with Crippen LogP contribution in [0.15, 0.2) is 0 Å². The van der Waals surface area contributed by atoms with E-state index in [0.29, 0.717) is 0 Å². The summed E-state index contributed by atoms with van der Waals surface area (Å²) in [5.74, 6) is 0. The first-order valence-electron chi connectivity index (χ1n) is 1.33. The molecule has 0 aromatic rings. The summed E-state index contributed by atoms with van der Waals surface area (Å²) in [5, 5.41) is 27.2. The van der Waals surface area contributed by atoms with Gasteiger partial charge < -0.3 is 16.4 Å². The molecule has 0 fully saturated rings. The molecule has 0 rings (SSSR count). The van der Waals surface area contributed by atoms with Gasteiger partial charge in [-0.05, 0) is 0 Å². The van der Waals surface area contributed by atoms with Gasteiger partial charge in [-0.3, -0.25) is 15.2 Å². The minimum atomic E-state index is -0.125. The Morgan fingerprint density at radius 2 is 1.00 bits per heavy atom. The van der Waals surface area contributed by atoms with E-state index >= 15 is 0 Å². The molecule has 0 unspecified atom stereocenters. The Balaban J connectivity index is -0.0000000183. The van der Waals surface area contributed by atoms with Crippen molar-refractivity contribution in [1.82, 2.24) is 6.15 Å². The highest BCUT2D eigenvalue weighted by Crippen LogP contribution is 1.39. The van der Waals surface area contributed by atoms with Crippen molar-refractivity contribution in [2.45, 2.75) is 0 Å². The zero-order valence-electron chi connectivity index (χ0n) is 4.32. The molecule has 0 radical (unpaired) electrons. The molecule has 0 saturated carbocycles. The second-order valence-electron chi connectivity index (χ2n) is 0.447. The van der Waals surface area contributed by atoms with E-state index in [1.54, 1.807) is 0 Å². The molecule has 0 aliphatic rings. The smallest absolute Gasteiger partial charge is 0.0662 e. The summed E-state index contributed by atoms with van der Waals surface area (Å²) in [6.45, 7) is -0.250. The van der Waals surface area contributed by atoms with E-state index in [2.05, 4.69) is 0 Å². The minimum absolute atomic E-state index is 0. The molecule has 7 N–H and O–H groups in total. The zero-order valence-corrected chi connectivity index (χ0v) is 4.32. The van der Waals surface area contributed by atoms with Gasteiger partial charge in [0.25, 0.3) is 0 Å². The van der Waals surface area contributed by atoms with E-state index in [1.807, 2.05) is 0 Å². The predicted molar refractivity (Wildman–Crippen MR) is 27.0 cm³/mol. The minimum Gasteiger partial charge on any atom is -0.394 e. The molecular weight excluding hydrogens is 121 g/mol. The van der Waals surface area contributed by atoms with Crippen LogP contribution < -0.4 is 6.15 Å². The van der Waals surface area contributed by atoms with Crippen molar-refractivity contribution in [3.63, 3.8) is 0 Å². The molecule has 0 spiro atoms. The van der Waals surface area contributed by atoms with E-state index in [-0.39, 0.29) is 24.1 Å². The Morgan fingerprint density at radius 3 is 1.00 bits per heavy atom. The number of halogens is 1. The van der Waals surface area contributed by atoms with E-state index < -0.39 is 0 Å². The van der Waals surface area contributed by atoms with Crippen LogP contribution in [-0.4, -0.2) is 33.9 Å². The molecule has 0 saturated heterocycles. The summed E-state index contributed by atoms with van der Waals surface area (Å²) in [4.78, 5) is 0. The summed E-state index contributed by atoms with van der Waals surface area (Å²) in [7, 11) is 0. The van der Waals surface area contributed by atoms with Crippen LogP contribution >= 0.6 is 0 Å². The number of rotatable bonds is 1. The van der Waals surface area contributed by atoms with Crippen molar-refractivity contribution in [2.75, 3.05) is 13.2 Å². The van der Waals surface area contributed by atoms with E-state index in [1.165, 1.54) is 0 Å². The van der Waals surface area contributed by atoms with Gasteiger partial charge in [-0.15, -0.1) is 0 Å². The van der Waals surface area contributed by atoms with Gasteiger partial charge in [0.2, 0.25) is 0 Å². The van der Waals surface area contributed by atoms with Gasteiger partial charge >= 0.3 is 0 Å². The Bertz CT molecular complexity index is 16.0. The number of aliphatic hydroxyl groups is 2. The number of hydrogen-bond acceptors (Lipinski definition) is 5. The molecule has 0 aliphatic heterocycles. The predicted octanol–water partition coefficient (Wildman–Crippen LogP) is -0.697. The largest absolute Gasteiger partial charge is 0.394 e. The lowest BCUT2D eigenvalue weighted by Crippen LogP contribution is -1.85. The third kappa shape index (κ3) is 241. The van der Waals surface area contributed by atoms with Gasteiger partial charge in [-0.1, -0.05) is 0 Å². The van der Waals surface area contributed by atoms with Crippen LogP contribution in [0.2, 0.25) is 0 Å². The van der Waals surface area contributed by atoms with Crippen molar-refractivity contribution in [3.05, 3.63) is 0 Å². The van der Waals surface area contributed by atoms with Crippen molar-refractivity contribution < 1.29 is 25.4 Å². The molecular formula is C2H12FNO4. The molecule has 0 bridgehead atoms. The first-order chi connectivity index (χ1) is 2.91. The first-order valence-corrected chi connectivity index (χ1v) is 1.33. The average Bonchev–Trinajstić information content (AvgIpc) is 1.72. The fourth-order valence-corrected chi connectivity index (χ4v) is 0. The Labute approximate surface area is 46.1 Å². The molecule has 8 heavy (non-hydrogen) atoms. The lowest BCUT2D eigenvalue weighted by atomic mass is 10.8. The van der Waals surface area contributed by atoms with Crippen LogP contribution in [0.25, 0.3) is 0 Å². The Hall–Kier alpha value is -0.270. The van der Waals surface area contributed by atoms with Crippen LogP contribution in [0.4, 0.5) is 4.70 Å². The van der Waals surface area contributed by atoms with Gasteiger partial charge in [0.05, 0.1) is 13.2 Å². The third-order valence-electron chi connectivity index (χ3n) is 0.1000. The van der Waals surface area contributed by atoms with Crippen LogP contribution in [0.3, 0.4) is 0 Å². The molecule has 0 aromatic heterocycles. The van der Waals surface area contributed by atoms with Crippen LogP contribution in [-0.2, 0) is 0 Å². The highest BCUT2D eigenvalue weighted by molar-refractivity contribution is 4.06. The molecule has 5 nitrogen and oxygen atoms in total. The maximum atomic E-state index is 7.62. The molecule has 0 heterocycles. The Kier molecular flexibility index (Phi) is 232. The molecule has 0 aromatic carbocycles. The monoisotopic (exact) mass is 133 g/mol. The fourth-order valence-electron chi connectivity index (χ4n) is 0. The maximum Gasteiger partial charge on any atom is 0.0662 e. The average molecular weight is 133 g/mol. The van der Waals surface area contributed by atoms with Crippen molar-refractivity contribution in [2.24, 2.45) is 0 Å². The molecule has 6 heteroatoms. The topological polar surface area (TPSA) is 116 Å². The van der Waals surface area contributed by atoms with Gasteiger partial charge in [-0.2, -0.15) is 0 Å². The highest BCUT2D eigenvalue weighted by atomic mass is 19.0. The maximum absolute atomic E-state index is 7.62. The quantitative estimate of drug-likeness (QED) is 0.239. The third-order valence-corrected chi connectivity index (χ3v) is 0.1000. The van der Waals surface area contributed by atoms with Crippen LogP contribution in [0, 0.1) is 0 Å². The van der Waals surface area contributed by atoms with E-state index in [0.717, 1.165) is 0 Å². The van der Waals surface area contributed by atoms with E-state index in [9.17, 15) is 0 Å². The molecule has 0 amide bonds. The summed E-state index contributed by atoms with van der Waals surface area (Å²) in [6, 6.07) is 0. The number of hydrogen-bond donors (Lipinski definition) is 5. The lowest BCUT2D eigenvalue weighted by molar-refractivity contribution is -0.176. The molecule has 56 valence electrons. The second kappa shape index (κ2) is 73.8. The van der Waals surface area contributed by atoms with Gasteiger partial charge in [0, 0.05) is 0 Å². The molecule has 0 atom stereocenters. The van der Waals surface area contributed by atoms with Crippen LogP contribution in [0.5, 0.6) is 0 Å². The highest BCUT2D eigenvalue weighted by Gasteiger charge is 1.58. The van der Waals surface area contributed by atoms with Crippen molar-refractivity contribution in [3.8, 4) is 0 Å².